The lowest BCUT2D eigenvalue weighted by atomic mass is 9.74. The summed E-state index contributed by atoms with van der Waals surface area (Å²) in [5.74, 6) is 0.628. The van der Waals surface area contributed by atoms with Crippen molar-refractivity contribution >= 4 is 5.97 Å². The molecule has 0 spiro atoms. The molecule has 0 fully saturated rings. The maximum Gasteiger partial charge on any atom is 0.303 e. The zero-order valence-corrected chi connectivity index (χ0v) is 10.3. The van der Waals surface area contributed by atoms with Gasteiger partial charge in [-0.15, -0.1) is 0 Å². The first-order valence-corrected chi connectivity index (χ1v) is 6.00. The summed E-state index contributed by atoms with van der Waals surface area (Å²) in [6.07, 6.45) is 2.31. The Labute approximate surface area is 101 Å². The van der Waals surface area contributed by atoms with E-state index in [-0.39, 0.29) is 12.3 Å². The zero-order chi connectivity index (χ0) is 12.4. The van der Waals surface area contributed by atoms with Gasteiger partial charge in [-0.2, -0.15) is 0 Å². The standard InChI is InChI=1S/C14H18O3/c1-9-3-4-10-5-6-11(17-2)7-13(10)12(9)8-14(15)16/h5-7,9,12H,3-4,8H2,1-2H3,(H,15,16). The van der Waals surface area contributed by atoms with Crippen LogP contribution in [-0.4, -0.2) is 18.2 Å². The third kappa shape index (κ3) is 2.43. The molecule has 0 saturated carbocycles. The normalized spacial score (nSPS) is 22.9. The fourth-order valence-corrected chi connectivity index (χ4v) is 2.66. The van der Waals surface area contributed by atoms with Crippen molar-refractivity contribution in [2.75, 3.05) is 7.11 Å². The van der Waals surface area contributed by atoms with Crippen molar-refractivity contribution in [3.63, 3.8) is 0 Å². The molecule has 2 rings (SSSR count). The van der Waals surface area contributed by atoms with Crippen molar-refractivity contribution in [2.24, 2.45) is 5.92 Å². The molecule has 0 aliphatic heterocycles. The molecule has 1 aromatic rings. The Kier molecular flexibility index (Phi) is 3.36. The van der Waals surface area contributed by atoms with Crippen molar-refractivity contribution in [3.8, 4) is 5.75 Å². The topological polar surface area (TPSA) is 46.5 Å². The molecule has 2 unspecified atom stereocenters. The van der Waals surface area contributed by atoms with Crippen LogP contribution in [0, 0.1) is 5.92 Å². The van der Waals surface area contributed by atoms with Gasteiger partial charge in [-0.3, -0.25) is 4.79 Å². The summed E-state index contributed by atoms with van der Waals surface area (Å²) >= 11 is 0. The van der Waals surface area contributed by atoms with Crippen molar-refractivity contribution in [2.45, 2.75) is 32.1 Å². The Bertz CT molecular complexity index is 425. The van der Waals surface area contributed by atoms with Crippen molar-refractivity contribution in [1.29, 1.82) is 0 Å². The number of rotatable bonds is 3. The molecule has 1 N–H and O–H groups in total. The minimum atomic E-state index is -0.725. The van der Waals surface area contributed by atoms with Crippen LogP contribution in [0.5, 0.6) is 5.75 Å². The maximum atomic E-state index is 10.9. The van der Waals surface area contributed by atoms with Crippen molar-refractivity contribution in [3.05, 3.63) is 29.3 Å². The van der Waals surface area contributed by atoms with Crippen LogP contribution >= 0.6 is 0 Å². The molecule has 17 heavy (non-hydrogen) atoms. The Balaban J connectivity index is 2.37. The summed E-state index contributed by atoms with van der Waals surface area (Å²) in [4.78, 5) is 10.9. The van der Waals surface area contributed by atoms with Crippen LogP contribution in [0.3, 0.4) is 0 Å². The average molecular weight is 234 g/mol. The van der Waals surface area contributed by atoms with Gasteiger partial charge in [0.2, 0.25) is 0 Å². The highest BCUT2D eigenvalue weighted by Crippen LogP contribution is 2.39. The molecule has 1 aromatic carbocycles. The molecule has 3 nitrogen and oxygen atoms in total. The van der Waals surface area contributed by atoms with Gasteiger partial charge in [-0.05, 0) is 47.9 Å². The molecule has 0 amide bonds. The first kappa shape index (κ1) is 12.0. The third-order valence-electron chi connectivity index (χ3n) is 3.70. The van der Waals surface area contributed by atoms with Crippen LogP contribution in [0.4, 0.5) is 0 Å². The second kappa shape index (κ2) is 4.78. The van der Waals surface area contributed by atoms with E-state index in [0.29, 0.717) is 5.92 Å². The summed E-state index contributed by atoms with van der Waals surface area (Å²) in [5.41, 5.74) is 2.43. The molecule has 2 atom stereocenters. The van der Waals surface area contributed by atoms with E-state index in [1.807, 2.05) is 12.1 Å². The summed E-state index contributed by atoms with van der Waals surface area (Å²) < 4.78 is 5.22. The predicted octanol–water partition coefficient (Wildman–Crippen LogP) is 2.84. The molecule has 0 heterocycles. The minimum Gasteiger partial charge on any atom is -0.497 e. The smallest absolute Gasteiger partial charge is 0.303 e. The number of benzene rings is 1. The van der Waals surface area contributed by atoms with Crippen LogP contribution in [0.25, 0.3) is 0 Å². The maximum absolute atomic E-state index is 10.9. The number of ether oxygens (including phenoxy) is 1. The van der Waals surface area contributed by atoms with Gasteiger partial charge in [-0.1, -0.05) is 13.0 Å². The van der Waals surface area contributed by atoms with E-state index in [1.54, 1.807) is 7.11 Å². The van der Waals surface area contributed by atoms with Gasteiger partial charge in [0.15, 0.2) is 0 Å². The molecule has 1 aliphatic carbocycles. The first-order valence-electron chi connectivity index (χ1n) is 6.00. The minimum absolute atomic E-state index is 0.117. The lowest BCUT2D eigenvalue weighted by molar-refractivity contribution is -0.137. The van der Waals surface area contributed by atoms with E-state index in [0.717, 1.165) is 24.2 Å². The molecule has 92 valence electrons. The molecular formula is C14H18O3. The van der Waals surface area contributed by atoms with Crippen LogP contribution < -0.4 is 4.74 Å². The highest BCUT2D eigenvalue weighted by molar-refractivity contribution is 5.68. The van der Waals surface area contributed by atoms with Crippen molar-refractivity contribution in [1.82, 2.24) is 0 Å². The SMILES string of the molecule is COc1ccc2c(c1)C(CC(=O)O)C(C)CC2. The number of methoxy groups -OCH3 is 1. The Hall–Kier alpha value is -1.51. The monoisotopic (exact) mass is 234 g/mol. The quantitative estimate of drug-likeness (QED) is 0.874. The summed E-state index contributed by atoms with van der Waals surface area (Å²) in [6.45, 7) is 2.13. The Morgan fingerprint density at radius 2 is 2.29 bits per heavy atom. The van der Waals surface area contributed by atoms with E-state index < -0.39 is 5.97 Å². The number of hydrogen-bond donors (Lipinski definition) is 1. The van der Waals surface area contributed by atoms with E-state index in [9.17, 15) is 4.79 Å². The van der Waals surface area contributed by atoms with Gasteiger partial charge < -0.3 is 9.84 Å². The second-order valence-electron chi connectivity index (χ2n) is 4.79. The summed E-state index contributed by atoms with van der Waals surface area (Å²) in [7, 11) is 1.64. The number of aryl methyl sites for hydroxylation is 1. The van der Waals surface area contributed by atoms with Gasteiger partial charge in [0.25, 0.3) is 0 Å². The zero-order valence-electron chi connectivity index (χ0n) is 10.3. The van der Waals surface area contributed by atoms with Gasteiger partial charge in [0.1, 0.15) is 5.75 Å². The molecule has 3 heteroatoms. The summed E-state index contributed by atoms with van der Waals surface area (Å²) in [5, 5.41) is 9.00. The van der Waals surface area contributed by atoms with E-state index in [1.165, 1.54) is 5.56 Å². The van der Waals surface area contributed by atoms with E-state index in [2.05, 4.69) is 13.0 Å². The van der Waals surface area contributed by atoms with Crippen LogP contribution in [0.15, 0.2) is 18.2 Å². The number of carboxylic acid groups (broad SMARTS) is 1. The van der Waals surface area contributed by atoms with Gasteiger partial charge >= 0.3 is 5.97 Å². The molecule has 0 saturated heterocycles. The molecule has 1 aliphatic rings. The average Bonchev–Trinajstić information content (AvgIpc) is 2.32. The number of aliphatic carboxylic acids is 1. The molecule has 0 bridgehead atoms. The lowest BCUT2D eigenvalue weighted by Crippen LogP contribution is -2.21. The largest absolute Gasteiger partial charge is 0.497 e. The first-order chi connectivity index (χ1) is 8.11. The predicted molar refractivity (Wildman–Crippen MR) is 65.5 cm³/mol. The van der Waals surface area contributed by atoms with Gasteiger partial charge in [0.05, 0.1) is 13.5 Å². The summed E-state index contributed by atoms with van der Waals surface area (Å²) in [6, 6.07) is 6.01. The molecule has 0 aromatic heterocycles. The third-order valence-corrected chi connectivity index (χ3v) is 3.70. The van der Waals surface area contributed by atoms with Gasteiger partial charge in [0, 0.05) is 0 Å². The highest BCUT2D eigenvalue weighted by Gasteiger charge is 2.28. The number of carbonyl (C=O) groups is 1. The molecule has 0 radical (unpaired) electrons. The highest BCUT2D eigenvalue weighted by atomic mass is 16.5. The van der Waals surface area contributed by atoms with Gasteiger partial charge in [-0.25, -0.2) is 0 Å². The second-order valence-corrected chi connectivity index (χ2v) is 4.79. The van der Waals surface area contributed by atoms with E-state index in [4.69, 9.17) is 9.84 Å². The Morgan fingerprint density at radius 1 is 1.53 bits per heavy atom. The number of hydrogen-bond acceptors (Lipinski definition) is 2. The Morgan fingerprint density at radius 3 is 2.94 bits per heavy atom. The lowest BCUT2D eigenvalue weighted by Gasteiger charge is -2.30. The van der Waals surface area contributed by atoms with E-state index >= 15 is 0 Å². The van der Waals surface area contributed by atoms with Crippen molar-refractivity contribution < 1.29 is 14.6 Å². The van der Waals surface area contributed by atoms with Crippen LogP contribution in [-0.2, 0) is 11.2 Å². The fraction of sp³-hybridized carbons (Fsp3) is 0.500. The fourth-order valence-electron chi connectivity index (χ4n) is 2.66. The van der Waals surface area contributed by atoms with Crippen LogP contribution in [0.2, 0.25) is 0 Å². The number of fused-ring (bicyclic) bond motifs is 1. The number of carboxylic acids is 1. The molecular weight excluding hydrogens is 216 g/mol. The van der Waals surface area contributed by atoms with Crippen LogP contribution in [0.1, 0.15) is 36.8 Å².